The van der Waals surface area contributed by atoms with Gasteiger partial charge in [-0.2, -0.15) is 0 Å². The summed E-state index contributed by atoms with van der Waals surface area (Å²) in [6.45, 7) is 6.16. The molecule has 0 radical (unpaired) electrons. The summed E-state index contributed by atoms with van der Waals surface area (Å²) >= 11 is 3.19. The van der Waals surface area contributed by atoms with Crippen molar-refractivity contribution in [2.24, 2.45) is 0 Å². The number of carbonyl (C=O) groups is 1. The minimum absolute atomic E-state index is 0.156. The van der Waals surface area contributed by atoms with Crippen LogP contribution in [0.1, 0.15) is 17.3 Å². The minimum atomic E-state index is -0.465. The number of amides is 1. The van der Waals surface area contributed by atoms with Crippen LogP contribution in [0.25, 0.3) is 0 Å². The van der Waals surface area contributed by atoms with Crippen LogP contribution in [-0.4, -0.2) is 48.4 Å². The van der Waals surface area contributed by atoms with Gasteiger partial charge in [0.2, 0.25) is 0 Å². The molecule has 1 aromatic rings. The number of rotatable bonds is 2. The first-order chi connectivity index (χ1) is 8.61. The molecule has 0 unspecified atom stereocenters. The van der Waals surface area contributed by atoms with Crippen molar-refractivity contribution in [1.82, 2.24) is 9.80 Å². The van der Waals surface area contributed by atoms with Gasteiger partial charge in [0.15, 0.2) is 0 Å². The Balaban J connectivity index is 2.08. The Morgan fingerprint density at radius 3 is 2.56 bits per heavy atom. The molecule has 1 amide bonds. The highest BCUT2D eigenvalue weighted by Gasteiger charge is 2.23. The van der Waals surface area contributed by atoms with E-state index in [1.165, 1.54) is 12.1 Å². The first kappa shape index (κ1) is 13.5. The maximum atomic E-state index is 13.7. The highest BCUT2D eigenvalue weighted by molar-refractivity contribution is 9.10. The topological polar surface area (TPSA) is 23.6 Å². The second-order valence-corrected chi connectivity index (χ2v) is 5.27. The van der Waals surface area contributed by atoms with Crippen molar-refractivity contribution in [3.05, 3.63) is 34.1 Å². The van der Waals surface area contributed by atoms with E-state index in [1.54, 1.807) is 11.0 Å². The first-order valence-corrected chi connectivity index (χ1v) is 6.87. The summed E-state index contributed by atoms with van der Waals surface area (Å²) in [5.74, 6) is -0.678. The molecule has 1 saturated heterocycles. The van der Waals surface area contributed by atoms with E-state index >= 15 is 0 Å². The summed E-state index contributed by atoms with van der Waals surface area (Å²) in [6.07, 6.45) is 0. The molecule has 1 heterocycles. The average molecular weight is 315 g/mol. The summed E-state index contributed by atoms with van der Waals surface area (Å²) in [6, 6.07) is 4.56. The molecule has 0 atom stereocenters. The Morgan fingerprint density at radius 1 is 1.33 bits per heavy atom. The van der Waals surface area contributed by atoms with Gasteiger partial charge < -0.3 is 9.80 Å². The molecule has 0 saturated carbocycles. The van der Waals surface area contributed by atoms with Gasteiger partial charge in [0.1, 0.15) is 5.82 Å². The maximum absolute atomic E-state index is 13.7. The molecule has 5 heteroatoms. The lowest BCUT2D eigenvalue weighted by Gasteiger charge is -2.34. The normalized spacial score (nSPS) is 16.9. The number of hydrogen-bond donors (Lipinski definition) is 0. The van der Waals surface area contributed by atoms with Crippen LogP contribution >= 0.6 is 15.9 Å². The monoisotopic (exact) mass is 314 g/mol. The fraction of sp³-hybridized carbons (Fsp3) is 0.462. The molecule has 0 spiro atoms. The third-order valence-electron chi connectivity index (χ3n) is 3.27. The van der Waals surface area contributed by atoms with Gasteiger partial charge in [-0.1, -0.05) is 22.9 Å². The molecule has 3 nitrogen and oxygen atoms in total. The van der Waals surface area contributed by atoms with Crippen LogP contribution in [0, 0.1) is 5.82 Å². The molecule has 0 aromatic heterocycles. The SMILES string of the molecule is CCN1CCN(C(=O)c2ccc(Br)cc2F)CC1. The summed E-state index contributed by atoms with van der Waals surface area (Å²) < 4.78 is 14.4. The first-order valence-electron chi connectivity index (χ1n) is 6.08. The van der Waals surface area contributed by atoms with Crippen molar-refractivity contribution in [1.29, 1.82) is 0 Å². The zero-order chi connectivity index (χ0) is 13.1. The third-order valence-corrected chi connectivity index (χ3v) is 3.76. The number of nitrogens with zero attached hydrogens (tertiary/aromatic N) is 2. The molecule has 1 fully saturated rings. The summed E-state index contributed by atoms with van der Waals surface area (Å²) in [7, 11) is 0. The van der Waals surface area contributed by atoms with Crippen molar-refractivity contribution in [3.63, 3.8) is 0 Å². The summed E-state index contributed by atoms with van der Waals surface area (Å²) in [5.41, 5.74) is 0.156. The molecule has 1 aliphatic rings. The number of carbonyl (C=O) groups excluding carboxylic acids is 1. The fourth-order valence-electron chi connectivity index (χ4n) is 2.10. The molecular weight excluding hydrogens is 299 g/mol. The van der Waals surface area contributed by atoms with Gasteiger partial charge in [0.25, 0.3) is 5.91 Å². The number of likely N-dealkylation sites (N-methyl/N-ethyl adjacent to an activating group) is 1. The van der Waals surface area contributed by atoms with Crippen LogP contribution in [0.3, 0.4) is 0 Å². The average Bonchev–Trinajstić information content (AvgIpc) is 2.38. The Hall–Kier alpha value is -0.940. The van der Waals surface area contributed by atoms with Crippen molar-refractivity contribution >= 4 is 21.8 Å². The third kappa shape index (κ3) is 2.90. The van der Waals surface area contributed by atoms with E-state index < -0.39 is 5.82 Å². The predicted molar refractivity (Wildman–Crippen MR) is 72.1 cm³/mol. The van der Waals surface area contributed by atoms with E-state index in [9.17, 15) is 9.18 Å². The maximum Gasteiger partial charge on any atom is 0.256 e. The molecule has 18 heavy (non-hydrogen) atoms. The molecule has 98 valence electrons. The fourth-order valence-corrected chi connectivity index (χ4v) is 2.43. The molecular formula is C13H16BrFN2O. The number of hydrogen-bond acceptors (Lipinski definition) is 2. The molecule has 0 bridgehead atoms. The zero-order valence-electron chi connectivity index (χ0n) is 10.3. The van der Waals surface area contributed by atoms with Gasteiger partial charge in [-0.3, -0.25) is 4.79 Å². The van der Waals surface area contributed by atoms with Gasteiger partial charge in [-0.25, -0.2) is 4.39 Å². The van der Waals surface area contributed by atoms with Gasteiger partial charge in [0, 0.05) is 30.7 Å². The van der Waals surface area contributed by atoms with E-state index in [0.717, 1.165) is 19.6 Å². The van der Waals surface area contributed by atoms with E-state index in [-0.39, 0.29) is 11.5 Å². The van der Waals surface area contributed by atoms with Crippen molar-refractivity contribution in [3.8, 4) is 0 Å². The van der Waals surface area contributed by atoms with Gasteiger partial charge in [-0.15, -0.1) is 0 Å². The Labute approximate surface area is 115 Å². The van der Waals surface area contributed by atoms with E-state index in [4.69, 9.17) is 0 Å². The van der Waals surface area contributed by atoms with Gasteiger partial charge in [-0.05, 0) is 24.7 Å². The highest BCUT2D eigenvalue weighted by atomic mass is 79.9. The van der Waals surface area contributed by atoms with Crippen LogP contribution in [0.4, 0.5) is 4.39 Å². The lowest BCUT2D eigenvalue weighted by Crippen LogP contribution is -2.48. The molecule has 0 aliphatic carbocycles. The lowest BCUT2D eigenvalue weighted by molar-refractivity contribution is 0.0639. The Bertz CT molecular complexity index is 445. The van der Waals surface area contributed by atoms with E-state index in [1.807, 2.05) is 0 Å². The minimum Gasteiger partial charge on any atom is -0.336 e. The van der Waals surface area contributed by atoms with Gasteiger partial charge in [0.05, 0.1) is 5.56 Å². The van der Waals surface area contributed by atoms with Crippen molar-refractivity contribution < 1.29 is 9.18 Å². The second kappa shape index (κ2) is 5.80. The standard InChI is InChI=1S/C13H16BrFN2O/c1-2-16-5-7-17(8-6-16)13(18)11-4-3-10(14)9-12(11)15/h3-4,9H,2,5-8H2,1H3. The van der Waals surface area contributed by atoms with Crippen molar-refractivity contribution in [2.75, 3.05) is 32.7 Å². The Morgan fingerprint density at radius 2 is 2.00 bits per heavy atom. The van der Waals surface area contributed by atoms with E-state index in [2.05, 4.69) is 27.8 Å². The van der Waals surface area contributed by atoms with Crippen LogP contribution < -0.4 is 0 Å². The smallest absolute Gasteiger partial charge is 0.256 e. The predicted octanol–water partition coefficient (Wildman–Crippen LogP) is 2.37. The highest BCUT2D eigenvalue weighted by Crippen LogP contribution is 2.17. The number of piperazine rings is 1. The van der Waals surface area contributed by atoms with Crippen LogP contribution in [-0.2, 0) is 0 Å². The molecule has 2 rings (SSSR count). The summed E-state index contributed by atoms with van der Waals surface area (Å²) in [5, 5.41) is 0. The van der Waals surface area contributed by atoms with Crippen LogP contribution in [0.15, 0.2) is 22.7 Å². The van der Waals surface area contributed by atoms with Gasteiger partial charge >= 0.3 is 0 Å². The molecule has 1 aromatic carbocycles. The quantitative estimate of drug-likeness (QED) is 0.836. The van der Waals surface area contributed by atoms with Crippen LogP contribution in [0.2, 0.25) is 0 Å². The molecule has 0 N–H and O–H groups in total. The largest absolute Gasteiger partial charge is 0.336 e. The number of halogens is 2. The molecule has 1 aliphatic heterocycles. The zero-order valence-corrected chi connectivity index (χ0v) is 11.9. The Kier molecular flexibility index (Phi) is 4.35. The number of benzene rings is 1. The van der Waals surface area contributed by atoms with Crippen molar-refractivity contribution in [2.45, 2.75) is 6.92 Å². The summed E-state index contributed by atoms with van der Waals surface area (Å²) in [4.78, 5) is 16.2. The second-order valence-electron chi connectivity index (χ2n) is 4.35. The van der Waals surface area contributed by atoms with Crippen LogP contribution in [0.5, 0.6) is 0 Å². The lowest BCUT2D eigenvalue weighted by atomic mass is 10.1. The van der Waals surface area contributed by atoms with E-state index in [0.29, 0.717) is 17.6 Å².